The molecule has 1 aromatic heterocycles. The number of rotatable bonds is 4. The summed E-state index contributed by atoms with van der Waals surface area (Å²) in [4.78, 5) is 12.2. The summed E-state index contributed by atoms with van der Waals surface area (Å²) in [5.41, 5.74) is 0.0464. The van der Waals surface area contributed by atoms with Crippen molar-refractivity contribution in [1.29, 1.82) is 0 Å². The summed E-state index contributed by atoms with van der Waals surface area (Å²) in [5.74, 6) is -0.224. The van der Waals surface area contributed by atoms with Crippen LogP contribution in [0.2, 0.25) is 5.02 Å². The van der Waals surface area contributed by atoms with Crippen LogP contribution in [-0.2, 0) is 0 Å². The van der Waals surface area contributed by atoms with E-state index in [1.54, 1.807) is 11.4 Å². The number of halogens is 1. The molecule has 17 heavy (non-hydrogen) atoms. The zero-order valence-electron chi connectivity index (χ0n) is 10.3. The second kappa shape index (κ2) is 5.85. The van der Waals surface area contributed by atoms with Crippen molar-refractivity contribution in [1.82, 2.24) is 5.32 Å². The molecular formula is C12H18ClNO2S. The number of hydrogen-bond acceptors (Lipinski definition) is 3. The largest absolute Gasteiger partial charge is 0.391 e. The molecule has 0 aliphatic rings. The Kier molecular flexibility index (Phi) is 4.98. The molecule has 0 aliphatic carbocycles. The van der Waals surface area contributed by atoms with Gasteiger partial charge in [0.05, 0.1) is 11.1 Å². The number of carbonyl (C=O) groups is 1. The van der Waals surface area contributed by atoms with Gasteiger partial charge in [-0.05, 0) is 23.3 Å². The van der Waals surface area contributed by atoms with E-state index in [0.29, 0.717) is 16.3 Å². The molecule has 0 bridgehead atoms. The van der Waals surface area contributed by atoms with Gasteiger partial charge in [0.1, 0.15) is 4.88 Å². The summed E-state index contributed by atoms with van der Waals surface area (Å²) < 4.78 is 0. The van der Waals surface area contributed by atoms with Crippen LogP contribution in [0.3, 0.4) is 0 Å². The lowest BCUT2D eigenvalue weighted by atomic mass is 9.89. The minimum Gasteiger partial charge on any atom is -0.391 e. The second-order valence-corrected chi connectivity index (χ2v) is 6.55. The highest BCUT2D eigenvalue weighted by Gasteiger charge is 2.18. The molecule has 0 fully saturated rings. The minimum absolute atomic E-state index is 0.0464. The fourth-order valence-electron chi connectivity index (χ4n) is 1.53. The van der Waals surface area contributed by atoms with Crippen molar-refractivity contribution >= 4 is 28.8 Å². The highest BCUT2D eigenvalue weighted by Crippen LogP contribution is 2.22. The molecule has 1 rings (SSSR count). The van der Waals surface area contributed by atoms with Crippen molar-refractivity contribution in [2.24, 2.45) is 5.41 Å². The number of hydrogen-bond donors (Lipinski definition) is 2. The maximum atomic E-state index is 11.7. The predicted octanol–water partition coefficient (Wildman–Crippen LogP) is 2.93. The van der Waals surface area contributed by atoms with Crippen LogP contribution in [0.1, 0.15) is 36.9 Å². The Balaban J connectivity index is 2.42. The number of aliphatic hydroxyl groups is 1. The quantitative estimate of drug-likeness (QED) is 0.888. The summed E-state index contributed by atoms with van der Waals surface area (Å²) in [6.45, 7) is 6.40. The van der Waals surface area contributed by atoms with Gasteiger partial charge in [0.25, 0.3) is 5.91 Å². The molecule has 5 heteroatoms. The first-order chi connectivity index (χ1) is 7.79. The van der Waals surface area contributed by atoms with E-state index < -0.39 is 6.10 Å². The Morgan fingerprint density at radius 1 is 1.59 bits per heavy atom. The van der Waals surface area contributed by atoms with Crippen LogP contribution in [0.25, 0.3) is 0 Å². The van der Waals surface area contributed by atoms with E-state index in [4.69, 9.17) is 11.6 Å². The van der Waals surface area contributed by atoms with Gasteiger partial charge in [-0.3, -0.25) is 4.79 Å². The molecule has 1 amide bonds. The van der Waals surface area contributed by atoms with Gasteiger partial charge in [-0.15, -0.1) is 11.3 Å². The maximum absolute atomic E-state index is 11.7. The predicted molar refractivity (Wildman–Crippen MR) is 71.7 cm³/mol. The topological polar surface area (TPSA) is 49.3 Å². The molecule has 1 aromatic rings. The van der Waals surface area contributed by atoms with Crippen molar-refractivity contribution in [2.45, 2.75) is 33.3 Å². The van der Waals surface area contributed by atoms with Gasteiger partial charge in [-0.25, -0.2) is 0 Å². The van der Waals surface area contributed by atoms with Gasteiger partial charge < -0.3 is 10.4 Å². The summed E-state index contributed by atoms with van der Waals surface area (Å²) in [6.07, 6.45) is 0.114. The van der Waals surface area contributed by atoms with Gasteiger partial charge in [0.15, 0.2) is 0 Å². The van der Waals surface area contributed by atoms with Crippen LogP contribution in [0, 0.1) is 5.41 Å². The molecule has 3 nitrogen and oxygen atoms in total. The molecular weight excluding hydrogens is 258 g/mol. The highest BCUT2D eigenvalue weighted by molar-refractivity contribution is 7.12. The van der Waals surface area contributed by atoms with E-state index in [1.807, 2.05) is 20.8 Å². The van der Waals surface area contributed by atoms with E-state index >= 15 is 0 Å². The third-order valence-corrected chi connectivity index (χ3v) is 3.51. The van der Waals surface area contributed by atoms with Crippen molar-refractivity contribution < 1.29 is 9.90 Å². The number of carbonyl (C=O) groups excluding carboxylic acids is 1. The third kappa shape index (κ3) is 5.06. The highest BCUT2D eigenvalue weighted by atomic mass is 35.5. The Morgan fingerprint density at radius 2 is 2.24 bits per heavy atom. The Hall–Kier alpha value is -0.580. The lowest BCUT2D eigenvalue weighted by Gasteiger charge is -2.22. The van der Waals surface area contributed by atoms with E-state index in [9.17, 15) is 9.90 Å². The zero-order valence-corrected chi connectivity index (χ0v) is 11.9. The normalized spacial score (nSPS) is 13.5. The van der Waals surface area contributed by atoms with Crippen LogP contribution in [-0.4, -0.2) is 23.7 Å². The van der Waals surface area contributed by atoms with Gasteiger partial charge in [-0.1, -0.05) is 32.4 Å². The molecule has 96 valence electrons. The smallest absolute Gasteiger partial charge is 0.262 e. The van der Waals surface area contributed by atoms with Gasteiger partial charge >= 0.3 is 0 Å². The summed E-state index contributed by atoms with van der Waals surface area (Å²) in [7, 11) is 0. The molecule has 1 heterocycles. The molecule has 0 aliphatic heterocycles. The minimum atomic E-state index is -0.530. The molecule has 0 saturated carbocycles. The third-order valence-electron chi connectivity index (χ3n) is 2.17. The first-order valence-corrected chi connectivity index (χ1v) is 6.74. The van der Waals surface area contributed by atoms with Crippen LogP contribution in [0.15, 0.2) is 11.4 Å². The van der Waals surface area contributed by atoms with Crippen LogP contribution in [0.5, 0.6) is 0 Å². The fraction of sp³-hybridized carbons (Fsp3) is 0.583. The fourth-order valence-corrected chi connectivity index (χ4v) is 2.58. The molecule has 1 unspecified atom stereocenters. The number of nitrogens with one attached hydrogen (secondary N) is 1. The number of thiophene rings is 1. The average Bonchev–Trinajstić information content (AvgIpc) is 2.58. The van der Waals surface area contributed by atoms with E-state index in [-0.39, 0.29) is 17.9 Å². The molecule has 2 N–H and O–H groups in total. The first kappa shape index (κ1) is 14.5. The molecule has 0 aromatic carbocycles. The van der Waals surface area contributed by atoms with Gasteiger partial charge in [0.2, 0.25) is 0 Å². The second-order valence-electron chi connectivity index (χ2n) is 5.23. The molecule has 0 spiro atoms. The van der Waals surface area contributed by atoms with Gasteiger partial charge in [-0.2, -0.15) is 0 Å². The van der Waals surface area contributed by atoms with Gasteiger partial charge in [0, 0.05) is 6.54 Å². The maximum Gasteiger partial charge on any atom is 0.262 e. The summed E-state index contributed by atoms with van der Waals surface area (Å²) in [6, 6.07) is 1.69. The Bertz CT molecular complexity index is 384. The van der Waals surface area contributed by atoms with E-state index in [2.05, 4.69) is 5.32 Å². The van der Waals surface area contributed by atoms with Crippen molar-refractivity contribution in [3.8, 4) is 0 Å². The standard InChI is InChI=1S/C12H18ClNO2S/c1-12(2,3)6-8(15)7-14-11(16)10-9(13)4-5-17-10/h4-5,8,15H,6-7H2,1-3H3,(H,14,16). The molecule has 1 atom stereocenters. The van der Waals surface area contributed by atoms with Crippen molar-refractivity contribution in [3.63, 3.8) is 0 Å². The average molecular weight is 276 g/mol. The first-order valence-electron chi connectivity index (χ1n) is 5.49. The number of aliphatic hydroxyl groups excluding tert-OH is 1. The summed E-state index contributed by atoms with van der Waals surface area (Å²) >= 11 is 7.14. The molecule has 0 saturated heterocycles. The lowest BCUT2D eigenvalue weighted by Crippen LogP contribution is -2.33. The van der Waals surface area contributed by atoms with E-state index in [0.717, 1.165) is 0 Å². The zero-order chi connectivity index (χ0) is 13.1. The Morgan fingerprint density at radius 3 is 2.71 bits per heavy atom. The van der Waals surface area contributed by atoms with Crippen LogP contribution in [0.4, 0.5) is 0 Å². The SMILES string of the molecule is CC(C)(C)CC(O)CNC(=O)c1sccc1Cl. The summed E-state index contributed by atoms with van der Waals surface area (Å²) in [5, 5.41) is 14.7. The van der Waals surface area contributed by atoms with Crippen LogP contribution >= 0.6 is 22.9 Å². The van der Waals surface area contributed by atoms with E-state index in [1.165, 1.54) is 11.3 Å². The van der Waals surface area contributed by atoms with Crippen LogP contribution < -0.4 is 5.32 Å². The molecule has 0 radical (unpaired) electrons. The lowest BCUT2D eigenvalue weighted by molar-refractivity contribution is 0.0872. The monoisotopic (exact) mass is 275 g/mol. The van der Waals surface area contributed by atoms with Crippen molar-refractivity contribution in [3.05, 3.63) is 21.3 Å². The number of amides is 1. The Labute approximate surface area is 111 Å². The van der Waals surface area contributed by atoms with Crippen molar-refractivity contribution in [2.75, 3.05) is 6.54 Å².